The first-order valence-corrected chi connectivity index (χ1v) is 12.0. The van der Waals surface area contributed by atoms with E-state index >= 15 is 0 Å². The summed E-state index contributed by atoms with van der Waals surface area (Å²) < 4.78 is 0. The Kier molecular flexibility index (Phi) is 5.05. The fraction of sp³-hybridized carbons (Fsp3) is 0.0526. The van der Waals surface area contributed by atoms with Crippen LogP contribution in [0, 0.1) is 0 Å². The number of imidazole rings is 1. The number of thiazole rings is 1. The molecule has 28 heavy (non-hydrogen) atoms. The lowest BCUT2D eigenvalue weighted by Crippen LogP contribution is -1.87. The van der Waals surface area contributed by atoms with E-state index in [4.69, 9.17) is 4.98 Å². The lowest BCUT2D eigenvalue weighted by Gasteiger charge is -1.96. The van der Waals surface area contributed by atoms with Crippen LogP contribution in [0.4, 0.5) is 0 Å². The molecular formula is C19H13N5S4. The molecule has 0 aliphatic rings. The molecule has 1 N–H and O–H groups in total. The van der Waals surface area contributed by atoms with Crippen molar-refractivity contribution in [3.05, 3.63) is 64.6 Å². The molecular weight excluding hydrogens is 427 g/mol. The summed E-state index contributed by atoms with van der Waals surface area (Å²) in [6.07, 6.45) is 3.47. The van der Waals surface area contributed by atoms with E-state index in [0.29, 0.717) is 5.82 Å². The maximum absolute atomic E-state index is 4.86. The summed E-state index contributed by atoms with van der Waals surface area (Å²) in [6.45, 7) is 0. The molecule has 5 nitrogen and oxygen atoms in total. The minimum absolute atomic E-state index is 0.668. The van der Waals surface area contributed by atoms with Crippen LogP contribution >= 0.6 is 45.8 Å². The van der Waals surface area contributed by atoms with Crippen LogP contribution in [0.25, 0.3) is 32.0 Å². The van der Waals surface area contributed by atoms with Gasteiger partial charge >= 0.3 is 0 Å². The first-order chi connectivity index (χ1) is 13.9. The fourth-order valence-electron chi connectivity index (χ4n) is 2.64. The number of nitrogens with zero attached hydrogens (tertiary/aromatic N) is 4. The Bertz CT molecular complexity index is 1110. The summed E-state index contributed by atoms with van der Waals surface area (Å²) in [5, 5.41) is 7.97. The summed E-state index contributed by atoms with van der Waals surface area (Å²) in [6, 6.07) is 10.2. The summed E-state index contributed by atoms with van der Waals surface area (Å²) in [4.78, 5) is 23.9. The van der Waals surface area contributed by atoms with Crippen LogP contribution in [-0.4, -0.2) is 24.9 Å². The van der Waals surface area contributed by atoms with E-state index in [0.717, 1.165) is 33.0 Å². The molecule has 0 bridgehead atoms. The predicted octanol–water partition coefficient (Wildman–Crippen LogP) is 6.07. The van der Waals surface area contributed by atoms with Gasteiger partial charge in [-0.2, -0.15) is 0 Å². The zero-order valence-corrected chi connectivity index (χ0v) is 17.7. The molecule has 0 fully saturated rings. The van der Waals surface area contributed by atoms with Crippen LogP contribution in [0.15, 0.2) is 64.0 Å². The van der Waals surface area contributed by atoms with Gasteiger partial charge in [-0.05, 0) is 29.0 Å². The Morgan fingerprint density at radius 1 is 0.893 bits per heavy atom. The molecule has 0 aromatic carbocycles. The lowest BCUT2D eigenvalue weighted by atomic mass is 10.2. The zero-order chi connectivity index (χ0) is 18.8. The second kappa shape index (κ2) is 7.96. The third-order valence-corrected chi connectivity index (χ3v) is 7.43. The van der Waals surface area contributed by atoms with Gasteiger partial charge in [0.25, 0.3) is 0 Å². The highest BCUT2D eigenvalue weighted by Crippen LogP contribution is 2.37. The van der Waals surface area contributed by atoms with Gasteiger partial charge in [0.15, 0.2) is 16.0 Å². The second-order valence-corrected chi connectivity index (χ2v) is 9.44. The molecule has 0 aliphatic heterocycles. The SMILES string of the molecule is c1cnc(-c2nc(CSc3nc(-c4cccs4)c(-c4cccs4)[nH]3)cs2)nc1. The second-order valence-electron chi connectivity index (χ2n) is 5.73. The van der Waals surface area contributed by atoms with Crippen molar-refractivity contribution in [3.8, 4) is 32.0 Å². The van der Waals surface area contributed by atoms with Crippen molar-refractivity contribution in [3.63, 3.8) is 0 Å². The van der Waals surface area contributed by atoms with Crippen molar-refractivity contribution in [2.45, 2.75) is 10.9 Å². The smallest absolute Gasteiger partial charge is 0.188 e. The standard InChI is InChI=1S/C19H13N5S4/c1-4-13(25-8-1)15-16(14-5-2-9-26-14)24-19(23-15)28-11-12-10-27-18(22-12)17-20-6-3-7-21-17/h1-10H,11H2,(H,23,24). The number of aromatic amines is 1. The van der Waals surface area contributed by atoms with Crippen LogP contribution < -0.4 is 0 Å². The number of nitrogens with one attached hydrogen (secondary N) is 1. The van der Waals surface area contributed by atoms with Crippen molar-refractivity contribution < 1.29 is 0 Å². The molecule has 0 unspecified atom stereocenters. The Balaban J connectivity index is 1.38. The average molecular weight is 440 g/mol. The van der Waals surface area contributed by atoms with Crippen LogP contribution in [0.1, 0.15) is 5.69 Å². The van der Waals surface area contributed by atoms with Gasteiger partial charge < -0.3 is 4.98 Å². The summed E-state index contributed by atoms with van der Waals surface area (Å²) in [7, 11) is 0. The van der Waals surface area contributed by atoms with E-state index in [-0.39, 0.29) is 0 Å². The first kappa shape index (κ1) is 17.7. The number of thioether (sulfide) groups is 1. The van der Waals surface area contributed by atoms with Crippen LogP contribution in [0.2, 0.25) is 0 Å². The Morgan fingerprint density at radius 3 is 2.43 bits per heavy atom. The molecule has 5 rings (SSSR count). The monoisotopic (exact) mass is 439 g/mol. The predicted molar refractivity (Wildman–Crippen MR) is 118 cm³/mol. The van der Waals surface area contributed by atoms with Crippen LogP contribution in [-0.2, 0) is 5.75 Å². The molecule has 9 heteroatoms. The molecule has 5 aromatic heterocycles. The van der Waals surface area contributed by atoms with Gasteiger partial charge in [0.05, 0.1) is 21.1 Å². The number of hydrogen-bond acceptors (Lipinski definition) is 8. The van der Waals surface area contributed by atoms with Gasteiger partial charge in [-0.25, -0.2) is 19.9 Å². The van der Waals surface area contributed by atoms with E-state index in [1.54, 1.807) is 64.2 Å². The lowest BCUT2D eigenvalue weighted by molar-refractivity contribution is 1.06. The molecule has 138 valence electrons. The Labute approximate surface area is 177 Å². The molecule has 0 saturated carbocycles. The highest BCUT2D eigenvalue weighted by atomic mass is 32.2. The number of rotatable bonds is 6. The van der Waals surface area contributed by atoms with Gasteiger partial charge in [-0.3, -0.25) is 0 Å². The largest absolute Gasteiger partial charge is 0.332 e. The summed E-state index contributed by atoms with van der Waals surface area (Å²) >= 11 is 6.64. The van der Waals surface area contributed by atoms with E-state index in [1.165, 1.54) is 9.75 Å². The summed E-state index contributed by atoms with van der Waals surface area (Å²) in [5.74, 6) is 1.41. The van der Waals surface area contributed by atoms with Gasteiger partial charge in [-0.1, -0.05) is 23.9 Å². The van der Waals surface area contributed by atoms with E-state index in [9.17, 15) is 0 Å². The third kappa shape index (κ3) is 3.66. The molecule has 0 amide bonds. The van der Waals surface area contributed by atoms with Crippen molar-refractivity contribution in [2.24, 2.45) is 0 Å². The van der Waals surface area contributed by atoms with Crippen LogP contribution in [0.3, 0.4) is 0 Å². The molecule has 5 aromatic rings. The first-order valence-electron chi connectivity index (χ1n) is 8.39. The van der Waals surface area contributed by atoms with E-state index in [1.807, 2.05) is 0 Å². The highest BCUT2D eigenvalue weighted by molar-refractivity contribution is 7.98. The van der Waals surface area contributed by atoms with Gasteiger partial charge in [0.1, 0.15) is 5.69 Å². The minimum Gasteiger partial charge on any atom is -0.332 e. The third-order valence-electron chi connectivity index (χ3n) is 3.87. The maximum atomic E-state index is 4.86. The molecule has 5 heterocycles. The minimum atomic E-state index is 0.668. The van der Waals surface area contributed by atoms with Crippen molar-refractivity contribution in [1.82, 2.24) is 24.9 Å². The molecule has 0 radical (unpaired) electrons. The topological polar surface area (TPSA) is 67.3 Å². The van der Waals surface area contributed by atoms with Gasteiger partial charge in [0.2, 0.25) is 0 Å². The highest BCUT2D eigenvalue weighted by Gasteiger charge is 2.16. The number of aromatic nitrogens is 5. The molecule has 0 spiro atoms. The molecule has 0 saturated heterocycles. The van der Waals surface area contributed by atoms with Crippen molar-refractivity contribution >= 4 is 45.8 Å². The molecule has 0 aliphatic carbocycles. The number of hydrogen-bond donors (Lipinski definition) is 1. The molecule has 0 atom stereocenters. The van der Waals surface area contributed by atoms with E-state index in [2.05, 4.69) is 60.3 Å². The number of thiophene rings is 2. The van der Waals surface area contributed by atoms with Crippen molar-refractivity contribution in [1.29, 1.82) is 0 Å². The zero-order valence-electron chi connectivity index (χ0n) is 14.4. The van der Waals surface area contributed by atoms with Gasteiger partial charge in [0, 0.05) is 23.5 Å². The van der Waals surface area contributed by atoms with E-state index < -0.39 is 0 Å². The Morgan fingerprint density at radius 2 is 1.68 bits per heavy atom. The Hall–Kier alpha value is -2.33. The van der Waals surface area contributed by atoms with Gasteiger partial charge in [-0.15, -0.1) is 34.0 Å². The van der Waals surface area contributed by atoms with Crippen LogP contribution in [0.5, 0.6) is 0 Å². The quantitative estimate of drug-likeness (QED) is 0.325. The number of H-pyrrole nitrogens is 1. The van der Waals surface area contributed by atoms with Crippen molar-refractivity contribution in [2.75, 3.05) is 0 Å². The average Bonchev–Trinajstić information content (AvgIpc) is 3.54. The summed E-state index contributed by atoms with van der Waals surface area (Å²) in [5.41, 5.74) is 3.09. The fourth-order valence-corrected chi connectivity index (χ4v) is 5.72. The maximum Gasteiger partial charge on any atom is 0.188 e. The normalized spacial score (nSPS) is 11.1.